The van der Waals surface area contributed by atoms with Crippen LogP contribution in [-0.2, 0) is 19.1 Å². The van der Waals surface area contributed by atoms with Crippen LogP contribution in [0.3, 0.4) is 0 Å². The average molecular weight is 395 g/mol. The van der Waals surface area contributed by atoms with Gasteiger partial charge in [-0.3, -0.25) is 0 Å². The van der Waals surface area contributed by atoms with Crippen molar-refractivity contribution < 1.29 is 19.1 Å². The van der Waals surface area contributed by atoms with Crippen molar-refractivity contribution in [3.63, 3.8) is 0 Å². The molecule has 0 unspecified atom stereocenters. The van der Waals surface area contributed by atoms with Gasteiger partial charge in [-0.15, -0.1) is 0 Å². The number of ether oxygens (including phenoxy) is 2. The summed E-state index contributed by atoms with van der Waals surface area (Å²) >= 11 is 3.57. The zero-order valence-corrected chi connectivity index (χ0v) is 16.3. The highest BCUT2D eigenvalue weighted by atomic mass is 79.9. The Hall–Kier alpha value is -1.88. The van der Waals surface area contributed by atoms with E-state index in [9.17, 15) is 9.59 Å². The molecule has 0 heterocycles. The van der Waals surface area contributed by atoms with Gasteiger partial charge >= 0.3 is 11.9 Å². The van der Waals surface area contributed by atoms with Gasteiger partial charge in [0.05, 0.1) is 18.8 Å². The number of halogens is 1. The molecule has 5 heteroatoms. The van der Waals surface area contributed by atoms with Gasteiger partial charge in [0.15, 0.2) is 0 Å². The minimum absolute atomic E-state index is 0.263. The zero-order chi connectivity index (χ0) is 18.3. The molecular formula is C19H23BrO4. The first-order chi connectivity index (χ1) is 11.3. The highest BCUT2D eigenvalue weighted by molar-refractivity contribution is 9.10. The quantitative estimate of drug-likeness (QED) is 0.406. The van der Waals surface area contributed by atoms with Gasteiger partial charge in [0.2, 0.25) is 0 Å². The molecule has 0 saturated carbocycles. The molecule has 130 valence electrons. The van der Waals surface area contributed by atoms with Crippen molar-refractivity contribution in [3.8, 4) is 0 Å². The maximum absolute atomic E-state index is 12.2. The third-order valence-corrected chi connectivity index (χ3v) is 4.65. The lowest BCUT2D eigenvalue weighted by Gasteiger charge is -2.12. The molecule has 1 aromatic rings. The lowest BCUT2D eigenvalue weighted by Crippen LogP contribution is -2.07. The van der Waals surface area contributed by atoms with Gasteiger partial charge in [-0.1, -0.05) is 22.0 Å². The Balaban J connectivity index is 3.34. The van der Waals surface area contributed by atoms with Crippen molar-refractivity contribution in [1.82, 2.24) is 0 Å². The molecule has 0 atom stereocenters. The van der Waals surface area contributed by atoms with Crippen molar-refractivity contribution in [2.75, 3.05) is 13.2 Å². The van der Waals surface area contributed by atoms with Crippen molar-refractivity contribution >= 4 is 33.9 Å². The van der Waals surface area contributed by atoms with E-state index in [-0.39, 0.29) is 13.2 Å². The number of rotatable bonds is 6. The van der Waals surface area contributed by atoms with Crippen LogP contribution in [0.5, 0.6) is 0 Å². The zero-order valence-electron chi connectivity index (χ0n) is 14.7. The number of hydrogen-bond donors (Lipinski definition) is 0. The number of esters is 2. The van der Waals surface area contributed by atoms with Crippen LogP contribution in [0, 0.1) is 20.8 Å². The Bertz CT molecular complexity index is 687. The van der Waals surface area contributed by atoms with Gasteiger partial charge in [-0.25, -0.2) is 9.59 Å². The van der Waals surface area contributed by atoms with Gasteiger partial charge in [0.25, 0.3) is 0 Å². The number of carbonyl (C=O) groups is 2. The fraction of sp³-hybridized carbons (Fsp3) is 0.368. The molecule has 0 aliphatic heterocycles. The summed E-state index contributed by atoms with van der Waals surface area (Å²) in [4.78, 5) is 23.7. The second-order valence-electron chi connectivity index (χ2n) is 5.27. The number of hydrogen-bond acceptors (Lipinski definition) is 4. The Morgan fingerprint density at radius 3 is 2.25 bits per heavy atom. The van der Waals surface area contributed by atoms with E-state index in [2.05, 4.69) is 15.9 Å². The fourth-order valence-electron chi connectivity index (χ4n) is 2.29. The molecule has 0 amide bonds. The fourth-order valence-corrected chi connectivity index (χ4v) is 2.62. The van der Waals surface area contributed by atoms with Gasteiger partial charge in [-0.2, -0.15) is 0 Å². The normalized spacial score (nSPS) is 11.7. The molecule has 1 aromatic carbocycles. The molecule has 0 aromatic heterocycles. The smallest absolute Gasteiger partial charge is 0.338 e. The molecule has 0 bridgehead atoms. The maximum Gasteiger partial charge on any atom is 0.338 e. The van der Waals surface area contributed by atoms with Crippen LogP contribution in [0.15, 0.2) is 28.3 Å². The van der Waals surface area contributed by atoms with Gasteiger partial charge in [0, 0.05) is 10.5 Å². The summed E-state index contributed by atoms with van der Waals surface area (Å²) in [7, 11) is 0. The van der Waals surface area contributed by atoms with Crippen molar-refractivity contribution in [3.05, 3.63) is 50.5 Å². The first kappa shape index (κ1) is 20.2. The summed E-state index contributed by atoms with van der Waals surface area (Å²) in [5, 5.41) is 0. The second kappa shape index (κ2) is 9.42. The van der Waals surface area contributed by atoms with E-state index in [1.54, 1.807) is 19.9 Å². The Morgan fingerprint density at radius 2 is 1.67 bits per heavy atom. The molecule has 0 aliphatic rings. The van der Waals surface area contributed by atoms with E-state index < -0.39 is 11.9 Å². The summed E-state index contributed by atoms with van der Waals surface area (Å²) in [6.07, 6.45) is 4.41. The van der Waals surface area contributed by atoms with Crippen LogP contribution < -0.4 is 0 Å². The molecular weight excluding hydrogens is 372 g/mol. The monoisotopic (exact) mass is 394 g/mol. The van der Waals surface area contributed by atoms with E-state index in [1.165, 1.54) is 12.2 Å². The van der Waals surface area contributed by atoms with E-state index in [0.717, 1.165) is 26.7 Å². The molecule has 0 N–H and O–H groups in total. The molecule has 0 saturated heterocycles. The summed E-state index contributed by atoms with van der Waals surface area (Å²) < 4.78 is 10.9. The highest BCUT2D eigenvalue weighted by Gasteiger charge is 2.13. The average Bonchev–Trinajstić information content (AvgIpc) is 2.52. The van der Waals surface area contributed by atoms with Crippen molar-refractivity contribution in [1.29, 1.82) is 0 Å². The van der Waals surface area contributed by atoms with Gasteiger partial charge in [-0.05, 0) is 69.0 Å². The van der Waals surface area contributed by atoms with Crippen molar-refractivity contribution in [2.24, 2.45) is 0 Å². The predicted octanol–water partition coefficient (Wildman–Crippen LogP) is 4.44. The van der Waals surface area contributed by atoms with E-state index >= 15 is 0 Å². The third-order valence-electron chi connectivity index (χ3n) is 3.43. The Kier molecular flexibility index (Phi) is 7.92. The third kappa shape index (κ3) is 5.34. The summed E-state index contributed by atoms with van der Waals surface area (Å²) in [5.41, 5.74) is 4.41. The Morgan fingerprint density at radius 1 is 1.04 bits per heavy atom. The van der Waals surface area contributed by atoms with Crippen LogP contribution in [0.2, 0.25) is 0 Å². The topological polar surface area (TPSA) is 52.6 Å². The van der Waals surface area contributed by atoms with Crippen molar-refractivity contribution in [2.45, 2.75) is 34.6 Å². The highest BCUT2D eigenvalue weighted by Crippen LogP contribution is 2.29. The molecule has 0 aliphatic carbocycles. The van der Waals surface area contributed by atoms with Gasteiger partial charge < -0.3 is 9.47 Å². The molecule has 0 spiro atoms. The van der Waals surface area contributed by atoms with Crippen LogP contribution in [0.1, 0.15) is 36.1 Å². The maximum atomic E-state index is 12.2. The molecule has 24 heavy (non-hydrogen) atoms. The lowest BCUT2D eigenvalue weighted by atomic mass is 9.97. The minimum Gasteiger partial charge on any atom is -0.463 e. The van der Waals surface area contributed by atoms with E-state index in [1.807, 2.05) is 26.8 Å². The largest absolute Gasteiger partial charge is 0.463 e. The SMILES string of the molecule is CCOC(=O)/C=C/C(=C\c1c(C)cc(C)c(Br)c1C)C(=O)OCC. The van der Waals surface area contributed by atoms with E-state index in [0.29, 0.717) is 5.57 Å². The second-order valence-corrected chi connectivity index (χ2v) is 6.06. The van der Waals surface area contributed by atoms with Crippen LogP contribution in [-0.4, -0.2) is 25.2 Å². The van der Waals surface area contributed by atoms with Crippen LogP contribution in [0.4, 0.5) is 0 Å². The summed E-state index contributed by atoms with van der Waals surface area (Å²) in [6, 6.07) is 2.04. The van der Waals surface area contributed by atoms with Crippen LogP contribution >= 0.6 is 15.9 Å². The summed E-state index contributed by atoms with van der Waals surface area (Å²) in [6.45, 7) is 9.99. The number of aryl methyl sites for hydroxylation is 2. The van der Waals surface area contributed by atoms with Gasteiger partial charge in [0.1, 0.15) is 0 Å². The Labute approximate surface area is 151 Å². The standard InChI is InChI=1S/C19H23BrO4/c1-6-23-17(21)9-8-15(19(22)24-7-2)11-16-12(3)10-13(4)18(20)14(16)5/h8-11H,6-7H2,1-5H3/b9-8+,15-11+. The first-order valence-electron chi connectivity index (χ1n) is 7.81. The van der Waals surface area contributed by atoms with Crippen LogP contribution in [0.25, 0.3) is 6.08 Å². The first-order valence-corrected chi connectivity index (χ1v) is 8.61. The number of carbonyl (C=O) groups excluding carboxylic acids is 2. The molecule has 1 rings (SSSR count). The minimum atomic E-state index is -0.494. The molecule has 4 nitrogen and oxygen atoms in total. The predicted molar refractivity (Wildman–Crippen MR) is 98.7 cm³/mol. The summed E-state index contributed by atoms with van der Waals surface area (Å²) in [5.74, 6) is -0.972. The van der Waals surface area contributed by atoms with E-state index in [4.69, 9.17) is 9.47 Å². The molecule has 0 radical (unpaired) electrons. The molecule has 0 fully saturated rings. The number of benzene rings is 1. The lowest BCUT2D eigenvalue weighted by molar-refractivity contribution is -0.138.